The molecule has 25 heavy (non-hydrogen) atoms. The highest BCUT2D eigenvalue weighted by atomic mass is 16.5. The van der Waals surface area contributed by atoms with E-state index < -0.39 is 5.97 Å². The van der Waals surface area contributed by atoms with Crippen molar-refractivity contribution in [1.29, 1.82) is 0 Å². The summed E-state index contributed by atoms with van der Waals surface area (Å²) in [5.74, 6) is 0.693. The summed E-state index contributed by atoms with van der Waals surface area (Å²) in [6.45, 7) is 3.62. The normalized spacial score (nSPS) is 10.8. The Morgan fingerprint density at radius 2 is 1.76 bits per heavy atom. The van der Waals surface area contributed by atoms with Gasteiger partial charge in [0.25, 0.3) is 0 Å². The van der Waals surface area contributed by atoms with Crippen molar-refractivity contribution in [3.05, 3.63) is 35.3 Å². The van der Waals surface area contributed by atoms with Gasteiger partial charge in [0.1, 0.15) is 0 Å². The Labute approximate surface area is 144 Å². The predicted molar refractivity (Wildman–Crippen MR) is 90.1 cm³/mol. The first kappa shape index (κ1) is 16.7. The van der Waals surface area contributed by atoms with Crippen LogP contribution in [0.1, 0.15) is 21.9 Å². The molecule has 3 aromatic rings. The Balaban J connectivity index is 2.23. The number of aryl methyl sites for hydroxylation is 2. The Kier molecular flexibility index (Phi) is 4.26. The van der Waals surface area contributed by atoms with E-state index >= 15 is 0 Å². The number of carbonyl (C=O) groups excluding carboxylic acids is 1. The van der Waals surface area contributed by atoms with Crippen LogP contribution >= 0.6 is 0 Å². The molecule has 8 heteroatoms. The lowest BCUT2D eigenvalue weighted by Gasteiger charge is -2.09. The second-order valence-corrected chi connectivity index (χ2v) is 5.39. The molecule has 8 nitrogen and oxygen atoms in total. The van der Waals surface area contributed by atoms with Gasteiger partial charge in [-0.3, -0.25) is 0 Å². The minimum absolute atomic E-state index is 0.136. The van der Waals surface area contributed by atoms with Crippen molar-refractivity contribution >= 4 is 11.6 Å². The maximum Gasteiger partial charge on any atom is 0.360 e. The number of carbonyl (C=O) groups is 1. The minimum Gasteiger partial charge on any atom is -0.493 e. The molecule has 0 bridgehead atoms. The van der Waals surface area contributed by atoms with Crippen LogP contribution in [-0.2, 0) is 4.74 Å². The third-order valence-corrected chi connectivity index (χ3v) is 3.99. The second-order valence-electron chi connectivity index (χ2n) is 5.39. The molecule has 3 rings (SSSR count). The maximum atomic E-state index is 11.8. The number of methoxy groups -OCH3 is 3. The smallest absolute Gasteiger partial charge is 0.360 e. The summed E-state index contributed by atoms with van der Waals surface area (Å²) in [4.78, 5) is 11.8. The Hall–Kier alpha value is -3.16. The first-order chi connectivity index (χ1) is 12.0. The van der Waals surface area contributed by atoms with Crippen LogP contribution in [0, 0.1) is 13.8 Å². The molecule has 130 valence electrons. The van der Waals surface area contributed by atoms with E-state index in [2.05, 4.69) is 15.3 Å². The molecule has 0 amide bonds. The number of aromatic nitrogens is 4. The third kappa shape index (κ3) is 2.65. The van der Waals surface area contributed by atoms with Crippen molar-refractivity contribution < 1.29 is 19.0 Å². The molecule has 0 spiro atoms. The fraction of sp³-hybridized carbons (Fsp3) is 0.294. The van der Waals surface area contributed by atoms with Gasteiger partial charge in [0.2, 0.25) is 0 Å². The summed E-state index contributed by atoms with van der Waals surface area (Å²) >= 11 is 0. The van der Waals surface area contributed by atoms with Gasteiger partial charge < -0.3 is 14.2 Å². The Morgan fingerprint density at radius 3 is 2.40 bits per heavy atom. The Morgan fingerprint density at radius 1 is 1.04 bits per heavy atom. The van der Waals surface area contributed by atoms with Crippen LogP contribution in [0.4, 0.5) is 0 Å². The van der Waals surface area contributed by atoms with Gasteiger partial charge in [0.05, 0.1) is 38.3 Å². The van der Waals surface area contributed by atoms with E-state index in [1.165, 1.54) is 7.11 Å². The molecule has 2 heterocycles. The number of hydrogen-bond donors (Lipinski definition) is 0. The zero-order valence-electron chi connectivity index (χ0n) is 14.7. The molecule has 0 saturated heterocycles. The number of hydrogen-bond acceptors (Lipinski definition) is 7. The molecule has 0 radical (unpaired) electrons. The largest absolute Gasteiger partial charge is 0.493 e. The van der Waals surface area contributed by atoms with Crippen LogP contribution in [0.15, 0.2) is 18.2 Å². The van der Waals surface area contributed by atoms with Crippen LogP contribution in [0.25, 0.3) is 16.8 Å². The van der Waals surface area contributed by atoms with Crippen molar-refractivity contribution in [2.45, 2.75) is 13.8 Å². The minimum atomic E-state index is -0.548. The molecule has 0 aliphatic carbocycles. The molecule has 0 unspecified atom stereocenters. The van der Waals surface area contributed by atoms with Crippen LogP contribution in [0.5, 0.6) is 11.5 Å². The van der Waals surface area contributed by atoms with E-state index in [1.807, 2.05) is 25.1 Å². The van der Waals surface area contributed by atoms with Gasteiger partial charge in [-0.15, -0.1) is 10.2 Å². The lowest BCUT2D eigenvalue weighted by atomic mass is 10.1. The average Bonchev–Trinajstić information content (AvgIpc) is 2.97. The number of esters is 1. The van der Waals surface area contributed by atoms with Gasteiger partial charge >= 0.3 is 5.97 Å². The van der Waals surface area contributed by atoms with Gasteiger partial charge in [-0.25, -0.2) is 9.31 Å². The van der Waals surface area contributed by atoms with Gasteiger partial charge in [-0.1, -0.05) is 6.07 Å². The maximum absolute atomic E-state index is 11.8. The van der Waals surface area contributed by atoms with Crippen molar-refractivity contribution in [3.8, 4) is 22.6 Å². The molecule has 0 saturated carbocycles. The number of fused-ring (bicyclic) bond motifs is 1. The van der Waals surface area contributed by atoms with E-state index in [1.54, 1.807) is 25.7 Å². The van der Waals surface area contributed by atoms with Crippen molar-refractivity contribution in [2.75, 3.05) is 21.3 Å². The summed E-state index contributed by atoms with van der Waals surface area (Å²) < 4.78 is 17.0. The zero-order valence-corrected chi connectivity index (χ0v) is 14.7. The first-order valence-electron chi connectivity index (χ1n) is 7.55. The topological polar surface area (TPSA) is 87.8 Å². The number of nitrogens with zero attached hydrogens (tertiary/aromatic N) is 4. The monoisotopic (exact) mass is 342 g/mol. The summed E-state index contributed by atoms with van der Waals surface area (Å²) in [5.41, 5.74) is 3.68. The molecule has 1 aromatic carbocycles. The number of benzene rings is 1. The van der Waals surface area contributed by atoms with E-state index in [0.29, 0.717) is 22.8 Å². The predicted octanol–water partition coefficient (Wildman–Crippen LogP) is 2.21. The van der Waals surface area contributed by atoms with Gasteiger partial charge in [0.15, 0.2) is 22.8 Å². The van der Waals surface area contributed by atoms with E-state index in [9.17, 15) is 4.79 Å². The quantitative estimate of drug-likeness (QED) is 0.672. The van der Waals surface area contributed by atoms with E-state index in [4.69, 9.17) is 14.2 Å². The fourth-order valence-corrected chi connectivity index (χ4v) is 2.73. The SMILES string of the molecule is COC(=O)c1nnc2c(-c3ccc(OC)c(OC)c3)c(C)nn2c1C. The lowest BCUT2D eigenvalue weighted by Crippen LogP contribution is -2.12. The lowest BCUT2D eigenvalue weighted by molar-refractivity contribution is 0.0590. The summed E-state index contributed by atoms with van der Waals surface area (Å²) in [5, 5.41) is 12.7. The molecule has 0 aliphatic heterocycles. The molecule has 0 fully saturated rings. The summed E-state index contributed by atoms with van der Waals surface area (Å²) in [7, 11) is 4.47. The van der Waals surface area contributed by atoms with Gasteiger partial charge in [-0.2, -0.15) is 5.10 Å². The van der Waals surface area contributed by atoms with Crippen molar-refractivity contribution in [2.24, 2.45) is 0 Å². The molecule has 2 aromatic heterocycles. The highest BCUT2D eigenvalue weighted by Gasteiger charge is 2.21. The average molecular weight is 342 g/mol. The first-order valence-corrected chi connectivity index (χ1v) is 7.55. The molecular formula is C17H18N4O4. The van der Waals surface area contributed by atoms with E-state index in [-0.39, 0.29) is 5.69 Å². The standard InChI is InChI=1S/C17H18N4O4/c1-9-14(11-6-7-12(23-3)13(8-11)24-4)16-19-18-15(17(22)25-5)10(2)21(16)20-9/h6-8H,1-5H3. The number of rotatable bonds is 4. The van der Waals surface area contributed by atoms with Crippen LogP contribution in [-0.4, -0.2) is 47.1 Å². The van der Waals surface area contributed by atoms with Crippen LogP contribution < -0.4 is 9.47 Å². The second kappa shape index (κ2) is 6.39. The molecular weight excluding hydrogens is 324 g/mol. The van der Waals surface area contributed by atoms with Crippen molar-refractivity contribution in [1.82, 2.24) is 19.8 Å². The van der Waals surface area contributed by atoms with Crippen LogP contribution in [0.2, 0.25) is 0 Å². The molecule has 0 aliphatic rings. The third-order valence-electron chi connectivity index (χ3n) is 3.99. The van der Waals surface area contributed by atoms with Crippen molar-refractivity contribution in [3.63, 3.8) is 0 Å². The van der Waals surface area contributed by atoms with Gasteiger partial charge in [-0.05, 0) is 31.5 Å². The van der Waals surface area contributed by atoms with Crippen LogP contribution in [0.3, 0.4) is 0 Å². The van der Waals surface area contributed by atoms with Gasteiger partial charge in [0, 0.05) is 0 Å². The van der Waals surface area contributed by atoms with E-state index in [0.717, 1.165) is 16.8 Å². The fourth-order valence-electron chi connectivity index (χ4n) is 2.73. The highest BCUT2D eigenvalue weighted by Crippen LogP contribution is 2.35. The summed E-state index contributed by atoms with van der Waals surface area (Å²) in [6, 6.07) is 5.57. The highest BCUT2D eigenvalue weighted by molar-refractivity contribution is 5.89. The zero-order chi connectivity index (χ0) is 18.1. The number of ether oxygens (including phenoxy) is 3. The molecule has 0 atom stereocenters. The Bertz CT molecular complexity index is 965. The summed E-state index contributed by atoms with van der Waals surface area (Å²) in [6.07, 6.45) is 0. The molecule has 0 N–H and O–H groups in total.